The number of anilines is 2. The summed E-state index contributed by atoms with van der Waals surface area (Å²) in [7, 11) is 7.05. The van der Waals surface area contributed by atoms with Gasteiger partial charge in [0.1, 0.15) is 22.2 Å². The Balaban J connectivity index is 0.000000172. The number of halogens is 4. The number of hydrogen-bond donors (Lipinski definition) is 4. The third-order valence-corrected chi connectivity index (χ3v) is 10.1. The lowest BCUT2D eigenvalue weighted by Gasteiger charge is -2.19. The number of alkyl halides is 4. The van der Waals surface area contributed by atoms with E-state index in [1.54, 1.807) is 71.6 Å². The maximum atomic E-state index is 12.9. The molecule has 6 aromatic rings. The number of H-pyrrole nitrogens is 2. The topological polar surface area (TPSA) is 174 Å². The van der Waals surface area contributed by atoms with Crippen LogP contribution in [0.25, 0.3) is 22.1 Å². The van der Waals surface area contributed by atoms with Gasteiger partial charge in [-0.3, -0.25) is 19.6 Å². The molecule has 0 spiro atoms. The predicted octanol–water partition coefficient (Wildman–Crippen LogP) is 5.23. The smallest absolute Gasteiger partial charge is 0.263 e. The Hall–Kier alpha value is -5.62. The van der Waals surface area contributed by atoms with Crippen molar-refractivity contribution in [1.29, 1.82) is 0 Å². The molecule has 2 saturated carbocycles. The van der Waals surface area contributed by atoms with Crippen LogP contribution in [0.15, 0.2) is 58.1 Å². The molecule has 18 heteroatoms. The molecule has 0 radical (unpaired) electrons. The van der Waals surface area contributed by atoms with E-state index in [0.717, 1.165) is 36.8 Å². The molecule has 0 aliphatic heterocycles. The molecule has 14 nitrogen and oxygen atoms in total. The first-order valence-electron chi connectivity index (χ1n) is 18.2. The minimum atomic E-state index is -2.53. The second-order valence-corrected chi connectivity index (χ2v) is 14.6. The Kier molecular flexibility index (Phi) is 10.7. The van der Waals surface area contributed by atoms with Gasteiger partial charge in [-0.2, -0.15) is 20.2 Å². The Bertz CT molecular complexity index is 2280. The highest BCUT2D eigenvalue weighted by Gasteiger charge is 2.38. The predicted molar refractivity (Wildman–Crippen MR) is 201 cm³/mol. The SMILES string of the molecule is CN(C)c1nc2c(c(CO)nn2[C@@H](c2ccc(C(F)F)cc2)C2CC2)c(=O)[nH]1.CN(C)c1nc2c(c(CO)nn2[C@H](c2ccc(C(F)F)cc2)C2CC2)c(=O)[nH]1. The van der Waals surface area contributed by atoms with Crippen molar-refractivity contribution < 1.29 is 27.8 Å². The van der Waals surface area contributed by atoms with E-state index < -0.39 is 26.1 Å². The molecule has 2 aliphatic carbocycles. The summed E-state index contributed by atoms with van der Waals surface area (Å²) < 4.78 is 55.0. The number of aromatic amines is 2. The van der Waals surface area contributed by atoms with Gasteiger partial charge in [0, 0.05) is 39.3 Å². The van der Waals surface area contributed by atoms with Crippen LogP contribution >= 0.6 is 0 Å². The van der Waals surface area contributed by atoms with Gasteiger partial charge in [0.25, 0.3) is 24.0 Å². The summed E-state index contributed by atoms with van der Waals surface area (Å²) >= 11 is 0. The fourth-order valence-electron chi connectivity index (χ4n) is 6.97. The van der Waals surface area contributed by atoms with Gasteiger partial charge in [0.15, 0.2) is 11.3 Å². The molecule has 296 valence electrons. The molecule has 4 N–H and O–H groups in total. The molecule has 2 aromatic carbocycles. The van der Waals surface area contributed by atoms with E-state index in [-0.39, 0.29) is 68.3 Å². The van der Waals surface area contributed by atoms with E-state index in [9.17, 15) is 37.4 Å². The molecule has 56 heavy (non-hydrogen) atoms. The lowest BCUT2D eigenvalue weighted by Crippen LogP contribution is -2.20. The number of aliphatic hydroxyl groups is 2. The third-order valence-electron chi connectivity index (χ3n) is 10.1. The highest BCUT2D eigenvalue weighted by molar-refractivity contribution is 5.79. The van der Waals surface area contributed by atoms with Crippen LogP contribution in [0.5, 0.6) is 0 Å². The molecule has 4 heterocycles. The Labute approximate surface area is 317 Å². The first-order valence-corrected chi connectivity index (χ1v) is 18.2. The zero-order valence-corrected chi connectivity index (χ0v) is 31.1. The molecular weight excluding hydrogens is 736 g/mol. The van der Waals surface area contributed by atoms with E-state index >= 15 is 0 Å². The lowest BCUT2D eigenvalue weighted by molar-refractivity contribution is 0.151. The van der Waals surface area contributed by atoms with Crippen LogP contribution in [0.4, 0.5) is 29.5 Å². The molecule has 0 amide bonds. The second-order valence-electron chi connectivity index (χ2n) is 14.6. The van der Waals surface area contributed by atoms with Gasteiger partial charge in [-0.05, 0) is 48.6 Å². The van der Waals surface area contributed by atoms with Crippen molar-refractivity contribution in [3.05, 3.63) is 103 Å². The number of benzene rings is 2. The van der Waals surface area contributed by atoms with Gasteiger partial charge < -0.3 is 20.0 Å². The number of aromatic nitrogens is 8. The van der Waals surface area contributed by atoms with Gasteiger partial charge >= 0.3 is 0 Å². The highest BCUT2D eigenvalue weighted by Crippen LogP contribution is 2.46. The van der Waals surface area contributed by atoms with Crippen LogP contribution in [0.2, 0.25) is 0 Å². The van der Waals surface area contributed by atoms with Crippen molar-refractivity contribution in [3.8, 4) is 0 Å². The first kappa shape index (κ1) is 38.6. The molecule has 0 unspecified atom stereocenters. The van der Waals surface area contributed by atoms with Crippen LogP contribution < -0.4 is 20.9 Å². The van der Waals surface area contributed by atoms with Crippen molar-refractivity contribution >= 4 is 34.0 Å². The van der Waals surface area contributed by atoms with Crippen molar-refractivity contribution in [3.63, 3.8) is 0 Å². The summed E-state index contributed by atoms with van der Waals surface area (Å²) in [6.45, 7) is -0.783. The van der Waals surface area contributed by atoms with Gasteiger partial charge in [-0.15, -0.1) is 0 Å². The summed E-state index contributed by atoms with van der Waals surface area (Å²) in [5.74, 6) is 1.31. The highest BCUT2D eigenvalue weighted by atomic mass is 19.3. The number of nitrogens with one attached hydrogen (secondary N) is 2. The Morgan fingerprint density at radius 1 is 0.625 bits per heavy atom. The van der Waals surface area contributed by atoms with Gasteiger partial charge in [-0.1, -0.05) is 48.5 Å². The fraction of sp³-hybridized carbons (Fsp3) is 0.421. The maximum Gasteiger partial charge on any atom is 0.263 e. The van der Waals surface area contributed by atoms with Crippen molar-refractivity contribution in [2.75, 3.05) is 38.0 Å². The minimum Gasteiger partial charge on any atom is -0.390 e. The zero-order chi connectivity index (χ0) is 40.0. The summed E-state index contributed by atoms with van der Waals surface area (Å²) in [5.41, 5.74) is 2.11. The van der Waals surface area contributed by atoms with E-state index in [1.165, 1.54) is 24.3 Å². The van der Waals surface area contributed by atoms with E-state index in [4.69, 9.17) is 0 Å². The van der Waals surface area contributed by atoms with Crippen LogP contribution in [-0.2, 0) is 13.2 Å². The fourth-order valence-corrected chi connectivity index (χ4v) is 6.97. The van der Waals surface area contributed by atoms with Crippen molar-refractivity contribution in [2.45, 2.75) is 63.8 Å². The summed E-state index contributed by atoms with van der Waals surface area (Å²) in [6.07, 6.45) is -1.16. The molecule has 2 atom stereocenters. The van der Waals surface area contributed by atoms with Gasteiger partial charge in [0.2, 0.25) is 11.9 Å². The lowest BCUT2D eigenvalue weighted by atomic mass is 10.0. The molecule has 8 rings (SSSR count). The first-order chi connectivity index (χ1) is 26.8. The second kappa shape index (κ2) is 15.5. The molecule has 2 aliphatic rings. The van der Waals surface area contributed by atoms with E-state index in [2.05, 4.69) is 30.1 Å². The quantitative estimate of drug-likeness (QED) is 0.121. The molecule has 0 bridgehead atoms. The van der Waals surface area contributed by atoms with Gasteiger partial charge in [0.05, 0.1) is 25.3 Å². The average molecular weight is 779 g/mol. The number of rotatable bonds is 12. The molecule has 4 aromatic heterocycles. The van der Waals surface area contributed by atoms with Crippen LogP contribution in [0.1, 0.15) is 84.3 Å². The van der Waals surface area contributed by atoms with Crippen molar-refractivity contribution in [2.24, 2.45) is 11.8 Å². The Morgan fingerprint density at radius 3 is 1.21 bits per heavy atom. The third kappa shape index (κ3) is 7.49. The number of hydrogen-bond acceptors (Lipinski definition) is 10. The number of fused-ring (bicyclic) bond motifs is 2. The largest absolute Gasteiger partial charge is 0.390 e. The molecule has 0 saturated heterocycles. The summed E-state index contributed by atoms with van der Waals surface area (Å²) in [6, 6.07) is 11.9. The molecular formula is C38H42F4N10O4. The Morgan fingerprint density at radius 2 is 0.946 bits per heavy atom. The van der Waals surface area contributed by atoms with Crippen LogP contribution in [-0.4, -0.2) is 77.9 Å². The monoisotopic (exact) mass is 778 g/mol. The van der Waals surface area contributed by atoms with E-state index in [0.29, 0.717) is 23.2 Å². The van der Waals surface area contributed by atoms with Crippen molar-refractivity contribution in [1.82, 2.24) is 39.5 Å². The maximum absolute atomic E-state index is 12.9. The molecule has 2 fully saturated rings. The zero-order valence-electron chi connectivity index (χ0n) is 31.1. The standard InChI is InChI=1S/2C19H21F2N5O2/c2*1-25(2)19-22-17-14(18(28)23-19)13(9-27)24-26(17)15(10-3-4-10)11-5-7-12(8-6-11)16(20)21/h2*5-8,10,15-16,27H,3-4,9H2,1-2H3,(H,22,23,28)/t2*15-/m10/s1. The van der Waals surface area contributed by atoms with E-state index in [1.807, 2.05) is 0 Å². The normalized spacial score (nSPS) is 15.4. The number of aliphatic hydroxyl groups excluding tert-OH is 2. The van der Waals surface area contributed by atoms with Crippen LogP contribution in [0.3, 0.4) is 0 Å². The summed E-state index contributed by atoms with van der Waals surface area (Å²) in [4.78, 5) is 43.0. The number of nitrogens with zero attached hydrogens (tertiary/aromatic N) is 8. The minimum absolute atomic E-state index is 0.0378. The average Bonchev–Trinajstić information content (AvgIpc) is 4.12. The van der Waals surface area contributed by atoms with Crippen LogP contribution in [0, 0.1) is 11.8 Å². The summed E-state index contributed by atoms with van der Waals surface area (Å²) in [5, 5.41) is 28.9. The van der Waals surface area contributed by atoms with Gasteiger partial charge in [-0.25, -0.2) is 26.9 Å².